The van der Waals surface area contributed by atoms with Gasteiger partial charge in [0.25, 0.3) is 0 Å². The Labute approximate surface area is 109 Å². The van der Waals surface area contributed by atoms with Crippen molar-refractivity contribution >= 4 is 5.90 Å². The molecule has 0 unspecified atom stereocenters. The molecule has 0 spiro atoms. The highest BCUT2D eigenvalue weighted by molar-refractivity contribution is 5.96. The normalized spacial score (nSPS) is 16.1. The smallest absolute Gasteiger partial charge is 0.416 e. The number of nitrogens with zero attached hydrogens (tertiary/aromatic N) is 1. The fraction of sp³-hybridized carbons (Fsp3) is 0.250. The number of rotatable bonds is 1. The van der Waals surface area contributed by atoms with Gasteiger partial charge < -0.3 is 4.74 Å². The van der Waals surface area contributed by atoms with Crippen molar-refractivity contribution in [3.05, 3.63) is 47.2 Å². The molecule has 1 aromatic rings. The van der Waals surface area contributed by atoms with E-state index < -0.39 is 23.5 Å². The molecule has 1 aromatic carbocycles. The zero-order valence-corrected chi connectivity index (χ0v) is 9.77. The second kappa shape index (κ2) is 4.53. The molecule has 2 rings (SSSR count). The van der Waals surface area contributed by atoms with Gasteiger partial charge in [0.15, 0.2) is 0 Å². The highest BCUT2D eigenvalue weighted by atomic mass is 19.4. The summed E-state index contributed by atoms with van der Waals surface area (Å²) in [5.74, 6) is -0.141. The van der Waals surface area contributed by atoms with Crippen LogP contribution < -0.4 is 0 Å². The Morgan fingerprint density at radius 3 is 1.80 bits per heavy atom. The maximum Gasteiger partial charge on any atom is 0.416 e. The lowest BCUT2D eigenvalue weighted by Gasteiger charge is -2.14. The van der Waals surface area contributed by atoms with E-state index in [0.29, 0.717) is 12.1 Å². The van der Waals surface area contributed by atoms with Gasteiger partial charge in [-0.2, -0.15) is 26.3 Å². The number of ether oxygens (including phenoxy) is 1. The fourth-order valence-electron chi connectivity index (χ4n) is 1.59. The SMILES string of the molecule is C=C1CN=C(c2cc(C(F)(F)F)cc(C(F)(F)F)c2)O1. The van der Waals surface area contributed by atoms with Gasteiger partial charge in [0.05, 0.1) is 11.1 Å². The number of hydrogen-bond acceptors (Lipinski definition) is 2. The molecule has 8 heteroatoms. The molecule has 0 N–H and O–H groups in total. The lowest BCUT2D eigenvalue weighted by atomic mass is 10.0. The second-order valence-electron chi connectivity index (χ2n) is 4.06. The summed E-state index contributed by atoms with van der Waals surface area (Å²) in [6.45, 7) is 3.40. The van der Waals surface area contributed by atoms with E-state index in [1.165, 1.54) is 0 Å². The first-order chi connectivity index (χ1) is 9.07. The summed E-state index contributed by atoms with van der Waals surface area (Å²) in [6.07, 6.45) is -9.79. The van der Waals surface area contributed by atoms with Crippen LogP contribution >= 0.6 is 0 Å². The van der Waals surface area contributed by atoms with Gasteiger partial charge in [-0.15, -0.1) is 0 Å². The second-order valence-corrected chi connectivity index (χ2v) is 4.06. The van der Waals surface area contributed by atoms with Gasteiger partial charge in [-0.25, -0.2) is 4.99 Å². The van der Waals surface area contributed by atoms with E-state index in [0.717, 1.165) is 0 Å². The van der Waals surface area contributed by atoms with Crippen molar-refractivity contribution in [2.75, 3.05) is 6.54 Å². The predicted molar refractivity (Wildman–Crippen MR) is 58.1 cm³/mol. The lowest BCUT2D eigenvalue weighted by molar-refractivity contribution is -0.143. The average molecular weight is 295 g/mol. The van der Waals surface area contributed by atoms with Gasteiger partial charge in [0.2, 0.25) is 5.90 Å². The van der Waals surface area contributed by atoms with E-state index in [1.807, 2.05) is 0 Å². The first-order valence-corrected chi connectivity index (χ1v) is 5.27. The van der Waals surface area contributed by atoms with Crippen molar-refractivity contribution in [1.82, 2.24) is 0 Å². The van der Waals surface area contributed by atoms with Crippen LogP contribution in [0.2, 0.25) is 0 Å². The maximum absolute atomic E-state index is 12.6. The molecule has 1 heterocycles. The molecule has 0 atom stereocenters. The zero-order valence-electron chi connectivity index (χ0n) is 9.77. The molecule has 0 fully saturated rings. The topological polar surface area (TPSA) is 21.6 Å². The van der Waals surface area contributed by atoms with E-state index in [9.17, 15) is 26.3 Å². The molecule has 0 bridgehead atoms. The van der Waals surface area contributed by atoms with Crippen molar-refractivity contribution < 1.29 is 31.1 Å². The Kier molecular flexibility index (Phi) is 3.27. The van der Waals surface area contributed by atoms with Crippen molar-refractivity contribution in [3.8, 4) is 0 Å². The summed E-state index contributed by atoms with van der Waals surface area (Å²) in [5, 5.41) is 0. The first-order valence-electron chi connectivity index (χ1n) is 5.27. The molecular weight excluding hydrogens is 288 g/mol. The molecule has 0 saturated carbocycles. The third-order valence-corrected chi connectivity index (χ3v) is 2.47. The largest absolute Gasteiger partial charge is 0.442 e. The Bertz CT molecular complexity index is 552. The summed E-state index contributed by atoms with van der Waals surface area (Å²) < 4.78 is 80.7. The zero-order chi connectivity index (χ0) is 15.1. The third kappa shape index (κ3) is 2.94. The van der Waals surface area contributed by atoms with Crippen molar-refractivity contribution in [1.29, 1.82) is 0 Å². The lowest BCUT2D eigenvalue weighted by Crippen LogP contribution is -2.13. The van der Waals surface area contributed by atoms with Gasteiger partial charge in [0.1, 0.15) is 12.3 Å². The highest BCUT2D eigenvalue weighted by Crippen LogP contribution is 2.36. The van der Waals surface area contributed by atoms with Gasteiger partial charge in [-0.3, -0.25) is 0 Å². The molecule has 0 amide bonds. The van der Waals surface area contributed by atoms with E-state index in [-0.39, 0.29) is 29.8 Å². The van der Waals surface area contributed by atoms with Crippen LogP contribution in [0.25, 0.3) is 0 Å². The summed E-state index contributed by atoms with van der Waals surface area (Å²) in [4.78, 5) is 3.69. The van der Waals surface area contributed by atoms with E-state index in [4.69, 9.17) is 4.74 Å². The van der Waals surface area contributed by atoms with Crippen LogP contribution in [-0.2, 0) is 17.1 Å². The third-order valence-electron chi connectivity index (χ3n) is 2.47. The van der Waals surface area contributed by atoms with Crippen molar-refractivity contribution in [2.45, 2.75) is 12.4 Å². The minimum atomic E-state index is -4.90. The van der Waals surface area contributed by atoms with Crippen LogP contribution in [0.15, 0.2) is 35.5 Å². The maximum atomic E-state index is 12.6. The van der Waals surface area contributed by atoms with Crippen LogP contribution in [0.5, 0.6) is 0 Å². The predicted octanol–water partition coefficient (Wildman–Crippen LogP) is 4.01. The molecule has 108 valence electrons. The molecule has 0 aliphatic carbocycles. The molecule has 0 radical (unpaired) electrons. The highest BCUT2D eigenvalue weighted by Gasteiger charge is 2.37. The Morgan fingerprint density at radius 1 is 0.950 bits per heavy atom. The number of hydrogen-bond donors (Lipinski definition) is 0. The van der Waals surface area contributed by atoms with Crippen LogP contribution in [-0.4, -0.2) is 12.4 Å². The number of alkyl halides is 6. The average Bonchev–Trinajstić information content (AvgIpc) is 2.73. The van der Waals surface area contributed by atoms with Crippen molar-refractivity contribution in [2.24, 2.45) is 4.99 Å². The minimum absolute atomic E-state index is 0.00687. The summed E-state index contributed by atoms with van der Waals surface area (Å²) in [5.41, 5.74) is -3.21. The summed E-state index contributed by atoms with van der Waals surface area (Å²) >= 11 is 0. The molecule has 1 aliphatic rings. The molecule has 1 aliphatic heterocycles. The Balaban J connectivity index is 2.55. The van der Waals surface area contributed by atoms with Crippen LogP contribution in [0.1, 0.15) is 16.7 Å². The quantitative estimate of drug-likeness (QED) is 0.717. The molecular formula is C12H7F6NO. The molecule has 0 aromatic heterocycles. The standard InChI is InChI=1S/C12H7F6NO/c1-6-5-19-10(20-6)7-2-8(11(13,14)15)4-9(3-7)12(16,17)18/h2-4H,1,5H2. The van der Waals surface area contributed by atoms with E-state index >= 15 is 0 Å². The van der Waals surface area contributed by atoms with Gasteiger partial charge in [-0.05, 0) is 18.2 Å². The fourth-order valence-corrected chi connectivity index (χ4v) is 1.59. The molecule has 2 nitrogen and oxygen atoms in total. The molecule has 0 saturated heterocycles. The first kappa shape index (κ1) is 14.4. The van der Waals surface area contributed by atoms with Crippen LogP contribution in [0, 0.1) is 0 Å². The van der Waals surface area contributed by atoms with Gasteiger partial charge in [0, 0.05) is 5.56 Å². The number of benzene rings is 1. The number of halogens is 6. The van der Waals surface area contributed by atoms with Crippen molar-refractivity contribution in [3.63, 3.8) is 0 Å². The van der Waals surface area contributed by atoms with Crippen LogP contribution in [0.4, 0.5) is 26.3 Å². The Morgan fingerprint density at radius 2 is 1.45 bits per heavy atom. The molecule has 20 heavy (non-hydrogen) atoms. The monoisotopic (exact) mass is 295 g/mol. The van der Waals surface area contributed by atoms with Crippen LogP contribution in [0.3, 0.4) is 0 Å². The summed E-state index contributed by atoms with van der Waals surface area (Å²) in [6, 6.07) is 1.17. The van der Waals surface area contributed by atoms with Gasteiger partial charge >= 0.3 is 12.4 Å². The summed E-state index contributed by atoms with van der Waals surface area (Å²) in [7, 11) is 0. The minimum Gasteiger partial charge on any atom is -0.442 e. The van der Waals surface area contributed by atoms with E-state index in [2.05, 4.69) is 11.6 Å². The Hall–Kier alpha value is -1.99. The number of aliphatic imine (C=N–C) groups is 1. The van der Waals surface area contributed by atoms with Gasteiger partial charge in [-0.1, -0.05) is 6.58 Å². The van der Waals surface area contributed by atoms with E-state index in [1.54, 1.807) is 0 Å².